The molecule has 0 spiro atoms. The van der Waals surface area contributed by atoms with Gasteiger partial charge in [-0.15, -0.1) is 0 Å². The summed E-state index contributed by atoms with van der Waals surface area (Å²) in [5, 5.41) is 11.5. The number of hydrogen-bond acceptors (Lipinski definition) is 4. The quantitative estimate of drug-likeness (QED) is 0.196. The number of fused-ring (bicyclic) bond motifs is 1. The summed E-state index contributed by atoms with van der Waals surface area (Å²) in [5.41, 5.74) is 10.3. The molecular weight excluding hydrogens is 576 g/mol. The van der Waals surface area contributed by atoms with E-state index in [2.05, 4.69) is 93.3 Å². The summed E-state index contributed by atoms with van der Waals surface area (Å²) in [6.07, 6.45) is 1.81. The van der Waals surface area contributed by atoms with Gasteiger partial charge in [-0.1, -0.05) is 91.0 Å². The topological polar surface area (TPSA) is 54.2 Å². The monoisotopic (exact) mass is 606 g/mol. The van der Waals surface area contributed by atoms with Crippen LogP contribution in [0.4, 0.5) is 17.1 Å². The Hall–Kier alpha value is -6.46. The maximum absolute atomic E-state index is 11.5. The van der Waals surface area contributed by atoms with Crippen molar-refractivity contribution >= 4 is 28.1 Å². The normalized spacial score (nSPS) is 11.1. The average molecular weight is 607 g/mol. The molecule has 47 heavy (non-hydrogen) atoms. The van der Waals surface area contributed by atoms with Crippen molar-refractivity contribution in [3.63, 3.8) is 0 Å². The van der Waals surface area contributed by atoms with Crippen LogP contribution in [0.3, 0.4) is 0 Å². The Kier molecular flexibility index (Phi) is 7.25. The number of benzene rings is 6. The van der Waals surface area contributed by atoms with Crippen molar-refractivity contribution in [2.75, 3.05) is 4.90 Å². The van der Waals surface area contributed by atoms with Crippen LogP contribution in [-0.4, -0.2) is 19.6 Å². The van der Waals surface area contributed by atoms with E-state index in [0.717, 1.165) is 56.2 Å². The average Bonchev–Trinajstić information content (AvgIpc) is 3.54. The van der Waals surface area contributed by atoms with Crippen molar-refractivity contribution in [1.29, 1.82) is 0 Å². The number of rotatable bonds is 7. The van der Waals surface area contributed by atoms with Crippen LogP contribution in [0, 0.1) is 0 Å². The molecule has 0 aliphatic heterocycles. The molecule has 0 aliphatic carbocycles. The van der Waals surface area contributed by atoms with Gasteiger partial charge in [0, 0.05) is 40.1 Å². The number of imidazole rings is 1. The van der Waals surface area contributed by atoms with Crippen molar-refractivity contribution < 1.29 is 5.11 Å². The molecule has 6 aromatic carbocycles. The smallest absolute Gasteiger partial charge is 0.149 e. The van der Waals surface area contributed by atoms with Crippen LogP contribution in [0.15, 0.2) is 176 Å². The molecular formula is C42H30N4O. The Labute approximate surface area is 273 Å². The third kappa shape index (κ3) is 5.30. The lowest BCUT2D eigenvalue weighted by atomic mass is 10.0. The van der Waals surface area contributed by atoms with Crippen LogP contribution in [0.5, 0.6) is 5.75 Å². The third-order valence-electron chi connectivity index (χ3n) is 8.34. The lowest BCUT2D eigenvalue weighted by Gasteiger charge is -2.26. The molecule has 0 amide bonds. The van der Waals surface area contributed by atoms with Gasteiger partial charge in [0.2, 0.25) is 0 Å². The first kappa shape index (κ1) is 28.0. The first-order valence-electron chi connectivity index (χ1n) is 15.6. The number of nitrogens with zero attached hydrogens (tertiary/aromatic N) is 4. The Morgan fingerprint density at radius 2 is 1.17 bits per heavy atom. The third-order valence-corrected chi connectivity index (χ3v) is 8.34. The molecule has 2 aromatic heterocycles. The number of pyridine rings is 1. The Morgan fingerprint density at radius 1 is 0.511 bits per heavy atom. The minimum absolute atomic E-state index is 0.154. The van der Waals surface area contributed by atoms with E-state index in [0.29, 0.717) is 11.4 Å². The Balaban J connectivity index is 1.35. The molecule has 0 radical (unpaired) electrons. The fraction of sp³-hybridized carbons (Fsp3) is 0. The van der Waals surface area contributed by atoms with Gasteiger partial charge in [-0.25, -0.2) is 4.98 Å². The van der Waals surface area contributed by atoms with E-state index in [9.17, 15) is 5.11 Å². The first-order valence-corrected chi connectivity index (χ1v) is 15.6. The molecule has 5 heteroatoms. The molecule has 0 saturated heterocycles. The van der Waals surface area contributed by atoms with Crippen molar-refractivity contribution in [3.8, 4) is 45.2 Å². The van der Waals surface area contributed by atoms with E-state index in [1.165, 1.54) is 0 Å². The van der Waals surface area contributed by atoms with E-state index in [1.807, 2.05) is 91.1 Å². The van der Waals surface area contributed by atoms with Gasteiger partial charge in [-0.3, -0.25) is 9.55 Å². The lowest BCUT2D eigenvalue weighted by Crippen LogP contribution is -2.10. The van der Waals surface area contributed by atoms with E-state index in [-0.39, 0.29) is 5.75 Å². The van der Waals surface area contributed by atoms with Gasteiger partial charge in [0.1, 0.15) is 11.6 Å². The Morgan fingerprint density at radius 3 is 1.87 bits per heavy atom. The molecule has 8 aromatic rings. The van der Waals surface area contributed by atoms with E-state index in [4.69, 9.17) is 4.98 Å². The highest BCUT2D eigenvalue weighted by Gasteiger charge is 2.22. The van der Waals surface area contributed by atoms with Gasteiger partial charge < -0.3 is 10.0 Å². The zero-order valence-electron chi connectivity index (χ0n) is 25.5. The summed E-state index contributed by atoms with van der Waals surface area (Å²) >= 11 is 0. The van der Waals surface area contributed by atoms with E-state index < -0.39 is 0 Å². The van der Waals surface area contributed by atoms with Gasteiger partial charge in [0.25, 0.3) is 0 Å². The summed E-state index contributed by atoms with van der Waals surface area (Å²) in [4.78, 5) is 12.1. The number of aromatic nitrogens is 3. The minimum Gasteiger partial charge on any atom is -0.507 e. The van der Waals surface area contributed by atoms with Crippen molar-refractivity contribution in [2.45, 2.75) is 0 Å². The van der Waals surface area contributed by atoms with Crippen molar-refractivity contribution in [3.05, 3.63) is 176 Å². The molecule has 0 fully saturated rings. The SMILES string of the molecule is Oc1ccc(N(c2ccccc2)c2ccccc2)cc1-c1nc2c(-c3cccc(-c4ccccn4)c3)cccc2n1-c1ccccc1. The van der Waals surface area contributed by atoms with Gasteiger partial charge in [0.05, 0.1) is 22.3 Å². The largest absolute Gasteiger partial charge is 0.507 e. The number of anilines is 3. The zero-order chi connectivity index (χ0) is 31.6. The number of aromatic hydroxyl groups is 1. The standard InChI is InChI=1S/C42H30N4O/c47-40-26-25-35(45(32-16-4-1-5-17-32)33-18-6-2-7-19-33)29-37(40)42-44-41-36(22-13-24-39(41)46(42)34-20-8-3-9-21-34)30-14-12-15-31(28-30)38-23-10-11-27-43-38/h1-29,47H. The number of phenols is 1. The summed E-state index contributed by atoms with van der Waals surface area (Å²) < 4.78 is 2.13. The molecule has 0 saturated carbocycles. The number of para-hydroxylation sites is 4. The van der Waals surface area contributed by atoms with Crippen LogP contribution >= 0.6 is 0 Å². The summed E-state index contributed by atoms with van der Waals surface area (Å²) in [6.45, 7) is 0. The van der Waals surface area contributed by atoms with E-state index in [1.54, 1.807) is 6.07 Å². The van der Waals surface area contributed by atoms with Gasteiger partial charge in [0.15, 0.2) is 0 Å². The summed E-state index contributed by atoms with van der Waals surface area (Å²) in [5.74, 6) is 0.806. The molecule has 1 N–H and O–H groups in total. The van der Waals surface area contributed by atoms with E-state index >= 15 is 0 Å². The van der Waals surface area contributed by atoms with Gasteiger partial charge >= 0.3 is 0 Å². The van der Waals surface area contributed by atoms with Crippen LogP contribution in [0.25, 0.3) is 50.5 Å². The fourth-order valence-corrected chi connectivity index (χ4v) is 6.17. The molecule has 0 atom stereocenters. The highest BCUT2D eigenvalue weighted by atomic mass is 16.3. The lowest BCUT2D eigenvalue weighted by molar-refractivity contribution is 0.477. The number of hydrogen-bond donors (Lipinski definition) is 1. The molecule has 2 heterocycles. The molecule has 8 rings (SSSR count). The molecule has 5 nitrogen and oxygen atoms in total. The van der Waals surface area contributed by atoms with Crippen molar-refractivity contribution in [1.82, 2.24) is 14.5 Å². The molecule has 0 bridgehead atoms. The first-order chi connectivity index (χ1) is 23.2. The number of phenolic OH excluding ortho intramolecular Hbond substituents is 1. The van der Waals surface area contributed by atoms with Crippen LogP contribution in [0.2, 0.25) is 0 Å². The minimum atomic E-state index is 0.154. The predicted octanol–water partition coefficient (Wildman–Crippen LogP) is 10.6. The second-order valence-corrected chi connectivity index (χ2v) is 11.3. The van der Waals surface area contributed by atoms with Crippen molar-refractivity contribution in [2.24, 2.45) is 0 Å². The molecule has 0 unspecified atom stereocenters. The summed E-state index contributed by atoms with van der Waals surface area (Å²) in [7, 11) is 0. The molecule has 0 aliphatic rings. The Bertz CT molecular complexity index is 2260. The van der Waals surface area contributed by atoms with Crippen LogP contribution < -0.4 is 4.90 Å². The molecule has 224 valence electrons. The summed E-state index contributed by atoms with van der Waals surface area (Å²) in [6, 6.07) is 57.1. The second kappa shape index (κ2) is 12.1. The fourth-order valence-electron chi connectivity index (χ4n) is 6.17. The van der Waals surface area contributed by atoms with Gasteiger partial charge in [-0.2, -0.15) is 0 Å². The highest BCUT2D eigenvalue weighted by molar-refractivity contribution is 5.97. The van der Waals surface area contributed by atoms with Crippen LogP contribution in [-0.2, 0) is 0 Å². The maximum Gasteiger partial charge on any atom is 0.149 e. The highest BCUT2D eigenvalue weighted by Crippen LogP contribution is 2.42. The van der Waals surface area contributed by atoms with Gasteiger partial charge in [-0.05, 0) is 84.4 Å². The maximum atomic E-state index is 11.5. The second-order valence-electron chi connectivity index (χ2n) is 11.3. The predicted molar refractivity (Wildman–Crippen MR) is 192 cm³/mol. The van der Waals surface area contributed by atoms with Crippen LogP contribution in [0.1, 0.15) is 0 Å². The zero-order valence-corrected chi connectivity index (χ0v) is 25.5.